The summed E-state index contributed by atoms with van der Waals surface area (Å²) < 4.78 is 5.29. The van der Waals surface area contributed by atoms with E-state index in [0.717, 1.165) is 48.5 Å². The third-order valence-electron chi connectivity index (χ3n) is 3.97. The Bertz CT molecular complexity index is 703. The molecule has 0 atom stereocenters. The molecule has 5 nitrogen and oxygen atoms in total. The molecular formula is C16H19N3O2. The Labute approximate surface area is 123 Å². The summed E-state index contributed by atoms with van der Waals surface area (Å²) in [6, 6.07) is 5.82. The molecule has 21 heavy (non-hydrogen) atoms. The molecule has 2 aromatic rings. The number of ether oxygens (including phenoxy) is 1. The molecule has 1 aliphatic rings. The van der Waals surface area contributed by atoms with Gasteiger partial charge in [0.25, 0.3) is 5.56 Å². The van der Waals surface area contributed by atoms with E-state index in [4.69, 9.17) is 4.74 Å². The fraction of sp³-hybridized carbons (Fsp3) is 0.375. The minimum Gasteiger partial charge on any atom is -0.496 e. The van der Waals surface area contributed by atoms with Crippen LogP contribution in [-0.2, 0) is 0 Å². The Morgan fingerprint density at radius 1 is 1.29 bits per heavy atom. The SMILES string of the molecule is COc1ccc(-c2c(N3CCCC3)cn[nH]c2=O)cc1C. The van der Waals surface area contributed by atoms with E-state index in [0.29, 0.717) is 5.56 Å². The second-order valence-electron chi connectivity index (χ2n) is 5.34. The average Bonchev–Trinajstić information content (AvgIpc) is 3.01. The maximum Gasteiger partial charge on any atom is 0.274 e. The molecule has 1 aromatic carbocycles. The zero-order valence-electron chi connectivity index (χ0n) is 12.3. The molecule has 0 saturated carbocycles. The highest BCUT2D eigenvalue weighted by atomic mass is 16.5. The van der Waals surface area contributed by atoms with Crippen molar-refractivity contribution in [3.63, 3.8) is 0 Å². The summed E-state index contributed by atoms with van der Waals surface area (Å²) in [5, 5.41) is 6.51. The summed E-state index contributed by atoms with van der Waals surface area (Å²) >= 11 is 0. The number of benzene rings is 1. The monoisotopic (exact) mass is 285 g/mol. The van der Waals surface area contributed by atoms with E-state index >= 15 is 0 Å². The zero-order valence-corrected chi connectivity index (χ0v) is 12.3. The fourth-order valence-corrected chi connectivity index (χ4v) is 2.90. The molecule has 0 aliphatic carbocycles. The molecule has 1 N–H and O–H groups in total. The van der Waals surface area contributed by atoms with Crippen LogP contribution in [0.5, 0.6) is 5.75 Å². The van der Waals surface area contributed by atoms with E-state index in [9.17, 15) is 4.79 Å². The predicted octanol–water partition coefficient (Wildman–Crippen LogP) is 2.35. The number of aromatic amines is 1. The lowest BCUT2D eigenvalue weighted by molar-refractivity contribution is 0.412. The van der Waals surface area contributed by atoms with Gasteiger partial charge in [0.1, 0.15) is 5.75 Å². The highest BCUT2D eigenvalue weighted by molar-refractivity contribution is 5.78. The first-order chi connectivity index (χ1) is 10.2. The molecule has 5 heteroatoms. The molecular weight excluding hydrogens is 266 g/mol. The molecule has 0 radical (unpaired) electrons. The highest BCUT2D eigenvalue weighted by Gasteiger charge is 2.19. The van der Waals surface area contributed by atoms with E-state index in [-0.39, 0.29) is 5.56 Å². The second-order valence-corrected chi connectivity index (χ2v) is 5.34. The molecule has 2 heterocycles. The molecule has 1 aliphatic heterocycles. The van der Waals surface area contributed by atoms with Gasteiger partial charge in [-0.2, -0.15) is 5.10 Å². The van der Waals surface area contributed by atoms with Gasteiger partial charge in [0.2, 0.25) is 0 Å². The second kappa shape index (κ2) is 5.60. The van der Waals surface area contributed by atoms with Gasteiger partial charge in [-0.3, -0.25) is 4.79 Å². The third kappa shape index (κ3) is 2.51. The molecule has 110 valence electrons. The van der Waals surface area contributed by atoms with Crippen LogP contribution in [0.3, 0.4) is 0 Å². The van der Waals surface area contributed by atoms with Crippen LogP contribution < -0.4 is 15.2 Å². The van der Waals surface area contributed by atoms with Gasteiger partial charge >= 0.3 is 0 Å². The van der Waals surface area contributed by atoms with Gasteiger partial charge in [-0.1, -0.05) is 6.07 Å². The van der Waals surface area contributed by atoms with Gasteiger partial charge in [-0.05, 0) is 43.0 Å². The average molecular weight is 285 g/mol. The van der Waals surface area contributed by atoms with Crippen LogP contribution >= 0.6 is 0 Å². The van der Waals surface area contributed by atoms with E-state index in [1.165, 1.54) is 0 Å². The zero-order chi connectivity index (χ0) is 14.8. The Morgan fingerprint density at radius 3 is 2.71 bits per heavy atom. The van der Waals surface area contributed by atoms with Crippen molar-refractivity contribution in [3.05, 3.63) is 40.3 Å². The van der Waals surface area contributed by atoms with Crippen LogP contribution in [0, 0.1) is 6.92 Å². The number of anilines is 1. The van der Waals surface area contributed by atoms with Crippen LogP contribution in [0.1, 0.15) is 18.4 Å². The Balaban J connectivity index is 2.13. The Kier molecular flexibility index (Phi) is 3.64. The van der Waals surface area contributed by atoms with Gasteiger partial charge < -0.3 is 9.64 Å². The Hall–Kier alpha value is -2.30. The van der Waals surface area contributed by atoms with E-state index in [1.807, 2.05) is 25.1 Å². The van der Waals surface area contributed by atoms with Crippen LogP contribution in [-0.4, -0.2) is 30.4 Å². The standard InChI is InChI=1S/C16H19N3O2/c1-11-9-12(5-6-14(11)21-2)15-13(10-17-18-16(15)20)19-7-3-4-8-19/h5-6,9-10H,3-4,7-8H2,1-2H3,(H,18,20). The molecule has 1 fully saturated rings. The molecule has 0 amide bonds. The Morgan fingerprint density at radius 2 is 2.05 bits per heavy atom. The quantitative estimate of drug-likeness (QED) is 0.940. The van der Waals surface area contributed by atoms with Crippen molar-refractivity contribution in [2.24, 2.45) is 0 Å². The summed E-state index contributed by atoms with van der Waals surface area (Å²) in [7, 11) is 1.65. The van der Waals surface area contributed by atoms with Gasteiger partial charge in [0.05, 0.1) is 24.6 Å². The molecule has 0 unspecified atom stereocenters. The maximum absolute atomic E-state index is 12.3. The first-order valence-electron chi connectivity index (χ1n) is 7.18. The fourth-order valence-electron chi connectivity index (χ4n) is 2.90. The maximum atomic E-state index is 12.3. The molecule has 0 bridgehead atoms. The summed E-state index contributed by atoms with van der Waals surface area (Å²) in [5.41, 5.74) is 3.37. The number of aryl methyl sites for hydroxylation is 1. The number of aromatic nitrogens is 2. The topological polar surface area (TPSA) is 58.2 Å². The number of H-pyrrole nitrogens is 1. The van der Waals surface area contributed by atoms with Gasteiger partial charge in [-0.25, -0.2) is 5.10 Å². The minimum atomic E-state index is -0.149. The lowest BCUT2D eigenvalue weighted by atomic mass is 10.0. The van der Waals surface area contributed by atoms with Crippen LogP contribution in [0.15, 0.2) is 29.2 Å². The van der Waals surface area contributed by atoms with Crippen molar-refractivity contribution in [2.75, 3.05) is 25.1 Å². The lowest BCUT2D eigenvalue weighted by Gasteiger charge is -2.20. The number of hydrogen-bond acceptors (Lipinski definition) is 4. The lowest BCUT2D eigenvalue weighted by Crippen LogP contribution is -2.23. The van der Waals surface area contributed by atoms with Crippen LogP contribution in [0.4, 0.5) is 5.69 Å². The first-order valence-corrected chi connectivity index (χ1v) is 7.18. The molecule has 1 saturated heterocycles. The first kappa shape index (κ1) is 13.7. The number of hydrogen-bond donors (Lipinski definition) is 1. The van der Waals surface area contributed by atoms with Crippen LogP contribution in [0.2, 0.25) is 0 Å². The van der Waals surface area contributed by atoms with Crippen molar-refractivity contribution < 1.29 is 4.74 Å². The van der Waals surface area contributed by atoms with Gasteiger partial charge in [-0.15, -0.1) is 0 Å². The van der Waals surface area contributed by atoms with E-state index in [2.05, 4.69) is 15.1 Å². The summed E-state index contributed by atoms with van der Waals surface area (Å²) in [4.78, 5) is 14.5. The van der Waals surface area contributed by atoms with Crippen molar-refractivity contribution in [3.8, 4) is 16.9 Å². The smallest absolute Gasteiger partial charge is 0.274 e. The third-order valence-corrected chi connectivity index (χ3v) is 3.97. The van der Waals surface area contributed by atoms with Crippen molar-refractivity contribution in [2.45, 2.75) is 19.8 Å². The summed E-state index contributed by atoms with van der Waals surface area (Å²) in [6.45, 7) is 3.94. The molecule has 3 rings (SSSR count). The highest BCUT2D eigenvalue weighted by Crippen LogP contribution is 2.31. The van der Waals surface area contributed by atoms with Crippen molar-refractivity contribution in [1.29, 1.82) is 0 Å². The van der Waals surface area contributed by atoms with E-state index < -0.39 is 0 Å². The van der Waals surface area contributed by atoms with Crippen molar-refractivity contribution in [1.82, 2.24) is 10.2 Å². The normalized spacial score (nSPS) is 14.5. The molecule has 0 spiro atoms. The van der Waals surface area contributed by atoms with Crippen LogP contribution in [0.25, 0.3) is 11.1 Å². The number of methoxy groups -OCH3 is 1. The van der Waals surface area contributed by atoms with Gasteiger partial charge in [0, 0.05) is 13.1 Å². The number of rotatable bonds is 3. The van der Waals surface area contributed by atoms with E-state index in [1.54, 1.807) is 13.3 Å². The number of nitrogens with one attached hydrogen (secondary N) is 1. The van der Waals surface area contributed by atoms with Crippen molar-refractivity contribution >= 4 is 5.69 Å². The largest absolute Gasteiger partial charge is 0.496 e. The summed E-state index contributed by atoms with van der Waals surface area (Å²) in [5.74, 6) is 0.826. The van der Waals surface area contributed by atoms with Gasteiger partial charge in [0.15, 0.2) is 0 Å². The minimum absolute atomic E-state index is 0.149. The molecule has 1 aromatic heterocycles. The summed E-state index contributed by atoms with van der Waals surface area (Å²) in [6.07, 6.45) is 4.07. The number of nitrogens with zero attached hydrogens (tertiary/aromatic N) is 2. The predicted molar refractivity (Wildman–Crippen MR) is 83.0 cm³/mol.